The van der Waals surface area contributed by atoms with Gasteiger partial charge in [-0.25, -0.2) is 22.7 Å². The SMILES string of the molecule is CCc1nc2ccc(C3CCN(S(C)(=O)=O)CC3)cn2c1N(C)c1nc(-c2ccc(C(F)(F)F)cc2)cs1. The third-order valence-corrected chi connectivity index (χ3v) is 9.24. The molecule has 0 atom stereocenters. The summed E-state index contributed by atoms with van der Waals surface area (Å²) in [5.74, 6) is 1.13. The molecule has 0 bridgehead atoms. The van der Waals surface area contributed by atoms with Gasteiger partial charge in [-0.3, -0.25) is 4.40 Å². The Kier molecular flexibility index (Phi) is 6.99. The molecular formula is C26H28F3N5O2S2. The first-order chi connectivity index (χ1) is 18.0. The highest BCUT2D eigenvalue weighted by Gasteiger charge is 2.30. The third-order valence-electron chi connectivity index (χ3n) is 7.02. The molecule has 38 heavy (non-hydrogen) atoms. The molecule has 0 radical (unpaired) electrons. The van der Waals surface area contributed by atoms with Gasteiger partial charge in [0.25, 0.3) is 0 Å². The van der Waals surface area contributed by atoms with Gasteiger partial charge in [-0.15, -0.1) is 11.3 Å². The Bertz CT molecular complexity index is 1550. The molecule has 12 heteroatoms. The summed E-state index contributed by atoms with van der Waals surface area (Å²) in [6, 6.07) is 9.07. The summed E-state index contributed by atoms with van der Waals surface area (Å²) in [6.45, 7) is 3.05. The van der Waals surface area contributed by atoms with Crippen LogP contribution in [0.1, 0.15) is 42.5 Å². The van der Waals surface area contributed by atoms with Crippen molar-refractivity contribution in [2.24, 2.45) is 0 Å². The van der Waals surface area contributed by atoms with Crippen LogP contribution < -0.4 is 4.90 Å². The molecule has 0 N–H and O–H groups in total. The number of alkyl halides is 3. The van der Waals surface area contributed by atoms with E-state index < -0.39 is 21.8 Å². The quantitative estimate of drug-likeness (QED) is 0.290. The summed E-state index contributed by atoms with van der Waals surface area (Å²) >= 11 is 1.41. The number of nitrogens with zero attached hydrogens (tertiary/aromatic N) is 5. The largest absolute Gasteiger partial charge is 0.416 e. The molecule has 5 rings (SSSR count). The number of hydrogen-bond acceptors (Lipinski definition) is 6. The van der Waals surface area contributed by atoms with Crippen LogP contribution >= 0.6 is 11.3 Å². The first-order valence-corrected chi connectivity index (χ1v) is 15.0. The molecule has 1 aliphatic rings. The number of aryl methyl sites for hydroxylation is 1. The standard InChI is InChI=1S/C26H28F3N5O2S2/c1-4-21-24(32(2)25-31-22(16-37-25)18-5-8-20(9-6-18)26(27,28)29)34-15-19(7-10-23(34)30-21)17-11-13-33(14-12-17)38(3,35)36/h5-10,15-17H,4,11-14H2,1-3H3. The molecule has 0 spiro atoms. The summed E-state index contributed by atoms with van der Waals surface area (Å²) in [6.07, 6.45) is 1.17. The number of halogens is 3. The third kappa shape index (κ3) is 5.16. The predicted octanol–water partition coefficient (Wildman–Crippen LogP) is 5.95. The normalized spacial score (nSPS) is 15.8. The van der Waals surface area contributed by atoms with Crippen LogP contribution in [0.15, 0.2) is 48.0 Å². The maximum absolute atomic E-state index is 12.9. The number of hydrogen-bond donors (Lipinski definition) is 0. The fourth-order valence-electron chi connectivity index (χ4n) is 4.92. The maximum atomic E-state index is 12.9. The molecule has 1 aliphatic heterocycles. The van der Waals surface area contributed by atoms with Crippen molar-refractivity contribution in [1.29, 1.82) is 0 Å². The van der Waals surface area contributed by atoms with E-state index in [4.69, 9.17) is 9.97 Å². The van der Waals surface area contributed by atoms with Gasteiger partial charge in [0.2, 0.25) is 10.0 Å². The summed E-state index contributed by atoms with van der Waals surface area (Å²) in [5, 5.41) is 2.54. The number of thiazole rings is 1. The highest BCUT2D eigenvalue weighted by atomic mass is 32.2. The molecule has 4 aromatic rings. The Balaban J connectivity index is 1.44. The van der Waals surface area contributed by atoms with Gasteiger partial charge in [-0.05, 0) is 48.9 Å². The fraction of sp³-hybridized carbons (Fsp3) is 0.385. The molecule has 3 aromatic heterocycles. The van der Waals surface area contributed by atoms with Crippen LogP contribution in [0.3, 0.4) is 0 Å². The monoisotopic (exact) mass is 563 g/mol. The highest BCUT2D eigenvalue weighted by molar-refractivity contribution is 7.88. The van der Waals surface area contributed by atoms with E-state index in [0.717, 1.165) is 47.7 Å². The smallest absolute Gasteiger partial charge is 0.305 e. The van der Waals surface area contributed by atoms with Crippen molar-refractivity contribution in [2.45, 2.75) is 38.3 Å². The first-order valence-electron chi connectivity index (χ1n) is 12.3. The van der Waals surface area contributed by atoms with Gasteiger partial charge in [0, 0.05) is 37.3 Å². The summed E-state index contributed by atoms with van der Waals surface area (Å²) in [4.78, 5) is 11.5. The highest BCUT2D eigenvalue weighted by Crippen LogP contribution is 2.36. The van der Waals surface area contributed by atoms with E-state index in [1.807, 2.05) is 30.3 Å². The van der Waals surface area contributed by atoms with Crippen molar-refractivity contribution in [3.63, 3.8) is 0 Å². The number of aromatic nitrogens is 3. The van der Waals surface area contributed by atoms with Gasteiger partial charge in [-0.1, -0.05) is 25.1 Å². The Morgan fingerprint density at radius 1 is 1.08 bits per heavy atom. The average molecular weight is 564 g/mol. The van der Waals surface area contributed by atoms with Crippen LogP contribution in [-0.2, 0) is 22.6 Å². The number of piperidine rings is 1. The van der Waals surface area contributed by atoms with Crippen LogP contribution in [0.2, 0.25) is 0 Å². The zero-order valence-electron chi connectivity index (χ0n) is 21.2. The zero-order valence-corrected chi connectivity index (χ0v) is 22.9. The van der Waals surface area contributed by atoms with E-state index in [0.29, 0.717) is 35.9 Å². The molecule has 0 saturated carbocycles. The second-order valence-corrected chi connectivity index (χ2v) is 12.3. The number of pyridine rings is 1. The van der Waals surface area contributed by atoms with E-state index >= 15 is 0 Å². The molecule has 202 valence electrons. The van der Waals surface area contributed by atoms with Gasteiger partial charge in [0.1, 0.15) is 11.5 Å². The van der Waals surface area contributed by atoms with Crippen LogP contribution in [-0.4, -0.2) is 53.5 Å². The van der Waals surface area contributed by atoms with Gasteiger partial charge in [-0.2, -0.15) is 13.2 Å². The molecule has 0 unspecified atom stereocenters. The summed E-state index contributed by atoms with van der Waals surface area (Å²) < 4.78 is 66.2. The molecular weight excluding hydrogens is 535 g/mol. The molecule has 7 nitrogen and oxygen atoms in total. The summed E-state index contributed by atoms with van der Waals surface area (Å²) in [7, 11) is -1.27. The lowest BCUT2D eigenvalue weighted by Crippen LogP contribution is -2.37. The van der Waals surface area contributed by atoms with Gasteiger partial charge >= 0.3 is 6.18 Å². The van der Waals surface area contributed by atoms with E-state index in [2.05, 4.69) is 16.7 Å². The zero-order chi connectivity index (χ0) is 27.2. The number of rotatable bonds is 6. The number of sulfonamides is 1. The second-order valence-electron chi connectivity index (χ2n) is 9.51. The van der Waals surface area contributed by atoms with E-state index in [-0.39, 0.29) is 5.92 Å². The van der Waals surface area contributed by atoms with Crippen LogP contribution in [0.25, 0.3) is 16.9 Å². The van der Waals surface area contributed by atoms with Crippen molar-refractivity contribution in [3.8, 4) is 11.3 Å². The maximum Gasteiger partial charge on any atom is 0.416 e. The number of imidazole rings is 1. The first kappa shape index (κ1) is 26.6. The van der Waals surface area contributed by atoms with Crippen LogP contribution in [0, 0.1) is 0 Å². The average Bonchev–Trinajstić information content (AvgIpc) is 3.52. The van der Waals surface area contributed by atoms with Crippen molar-refractivity contribution in [1.82, 2.24) is 18.7 Å². The van der Waals surface area contributed by atoms with Crippen molar-refractivity contribution in [3.05, 3.63) is 64.8 Å². The molecule has 1 saturated heterocycles. The van der Waals surface area contributed by atoms with Gasteiger partial charge < -0.3 is 4.90 Å². The molecule has 1 fully saturated rings. The topological polar surface area (TPSA) is 70.8 Å². The minimum absolute atomic E-state index is 0.245. The lowest BCUT2D eigenvalue weighted by Gasteiger charge is -2.30. The fourth-order valence-corrected chi connectivity index (χ4v) is 6.60. The minimum atomic E-state index is -4.38. The summed E-state index contributed by atoms with van der Waals surface area (Å²) in [5.41, 5.74) is 3.37. The number of benzene rings is 1. The predicted molar refractivity (Wildman–Crippen MR) is 144 cm³/mol. The number of fused-ring (bicyclic) bond motifs is 1. The van der Waals surface area contributed by atoms with Crippen LogP contribution in [0.5, 0.6) is 0 Å². The second kappa shape index (κ2) is 9.97. The Hall–Kier alpha value is -2.96. The van der Waals surface area contributed by atoms with E-state index in [9.17, 15) is 21.6 Å². The van der Waals surface area contributed by atoms with Gasteiger partial charge in [0.15, 0.2) is 5.13 Å². The minimum Gasteiger partial charge on any atom is -0.305 e. The van der Waals surface area contributed by atoms with Crippen LogP contribution in [0.4, 0.5) is 24.1 Å². The molecule has 1 aromatic carbocycles. The van der Waals surface area contributed by atoms with Crippen molar-refractivity contribution < 1.29 is 21.6 Å². The Morgan fingerprint density at radius 3 is 2.37 bits per heavy atom. The van der Waals surface area contributed by atoms with Crippen molar-refractivity contribution >= 4 is 38.0 Å². The lowest BCUT2D eigenvalue weighted by atomic mass is 9.91. The molecule has 0 amide bonds. The van der Waals surface area contributed by atoms with E-state index in [1.54, 1.807) is 0 Å². The van der Waals surface area contributed by atoms with E-state index in [1.165, 1.54) is 34.0 Å². The Labute approximate surface area is 223 Å². The number of anilines is 2. The molecule has 0 aliphatic carbocycles. The van der Waals surface area contributed by atoms with Crippen molar-refractivity contribution in [2.75, 3.05) is 31.3 Å². The lowest BCUT2D eigenvalue weighted by molar-refractivity contribution is -0.137. The molecule has 4 heterocycles. The Morgan fingerprint density at radius 2 is 1.76 bits per heavy atom. The van der Waals surface area contributed by atoms with Gasteiger partial charge in [0.05, 0.1) is 23.2 Å².